The third-order valence-electron chi connectivity index (χ3n) is 4.87. The number of carbonyl (C=O) groups excluding carboxylic acids is 1. The van der Waals surface area contributed by atoms with Gasteiger partial charge in [0.25, 0.3) is 5.91 Å². The minimum atomic E-state index is -0.836. The molecule has 0 bridgehead atoms. The van der Waals surface area contributed by atoms with Crippen molar-refractivity contribution in [3.8, 4) is 11.3 Å². The van der Waals surface area contributed by atoms with E-state index < -0.39 is 48.3 Å². The fourth-order valence-electron chi connectivity index (χ4n) is 3.19. The number of hydrogen-bond acceptors (Lipinski definition) is 6. The monoisotopic (exact) mass is 420 g/mol. The van der Waals surface area contributed by atoms with E-state index >= 15 is 0 Å². The van der Waals surface area contributed by atoms with E-state index in [1.807, 2.05) is 6.08 Å². The van der Waals surface area contributed by atoms with E-state index in [1.165, 1.54) is 6.20 Å². The summed E-state index contributed by atoms with van der Waals surface area (Å²) in [7, 11) is 0. The molecular weight excluding hydrogens is 392 g/mol. The Labute approximate surface area is 186 Å². The van der Waals surface area contributed by atoms with Crippen LogP contribution in [0.4, 0.5) is 5.82 Å². The summed E-state index contributed by atoms with van der Waals surface area (Å²) in [5.74, 6) is -0.888. The van der Waals surface area contributed by atoms with Crippen LogP contribution in [-0.4, -0.2) is 40.8 Å². The second kappa shape index (κ2) is 9.51. The Morgan fingerprint density at radius 2 is 2.03 bits per heavy atom. The molecule has 0 saturated carbocycles. The maximum Gasteiger partial charge on any atom is 0.251 e. The number of rotatable bonds is 6. The topological polar surface area (TPSA) is 110 Å². The van der Waals surface area contributed by atoms with Crippen LogP contribution in [-0.2, 0) is 4.74 Å². The van der Waals surface area contributed by atoms with Crippen molar-refractivity contribution in [3.05, 3.63) is 83.6 Å². The Hall–Kier alpha value is -3.55. The average molecular weight is 421 g/mol. The molecule has 0 fully saturated rings. The fraction of sp³-hybridized carbons (Fsp3) is 0.208. The van der Waals surface area contributed by atoms with Gasteiger partial charge in [-0.05, 0) is 29.6 Å². The molecule has 0 unspecified atom stereocenters. The van der Waals surface area contributed by atoms with Crippen LogP contribution in [0.5, 0.6) is 0 Å². The predicted octanol–water partition coefficient (Wildman–Crippen LogP) is 2.99. The van der Waals surface area contributed by atoms with Crippen molar-refractivity contribution in [2.24, 2.45) is 0 Å². The van der Waals surface area contributed by atoms with E-state index in [9.17, 15) is 9.90 Å². The van der Waals surface area contributed by atoms with Gasteiger partial charge in [0.05, 0.1) is 43.2 Å². The van der Waals surface area contributed by atoms with Crippen molar-refractivity contribution in [3.63, 3.8) is 0 Å². The van der Waals surface area contributed by atoms with Crippen molar-refractivity contribution in [2.75, 3.05) is 25.6 Å². The molecule has 0 radical (unpaired) electrons. The molecule has 7 nitrogen and oxygen atoms in total. The fourth-order valence-corrected chi connectivity index (χ4v) is 3.19. The molecule has 3 aromatic rings. The quantitative estimate of drug-likeness (QED) is 0.565. The highest BCUT2D eigenvalue weighted by molar-refractivity contribution is 5.95. The molecular formula is C24H24N4O3. The minimum Gasteiger partial charge on any atom is -0.394 e. The maximum absolute atomic E-state index is 13.0. The SMILES string of the molecule is [2H]c1c([2H])c(-c2nc(C3=CCOCC3)cnc2N)c([2H])c([2H])c1C(=O)N[C@H](CO)c1ccccc1. The number of aliphatic hydroxyl groups excluding tert-OH is 1. The van der Waals surface area contributed by atoms with Crippen LogP contribution in [0, 0.1) is 0 Å². The summed E-state index contributed by atoms with van der Waals surface area (Å²) in [5.41, 5.74) is 7.48. The molecule has 158 valence electrons. The van der Waals surface area contributed by atoms with E-state index in [0.717, 1.165) is 5.57 Å². The number of aliphatic hydroxyl groups is 1. The number of aromatic nitrogens is 2. The Bertz CT molecular complexity index is 1270. The van der Waals surface area contributed by atoms with Crippen LogP contribution >= 0.6 is 0 Å². The summed E-state index contributed by atoms with van der Waals surface area (Å²) in [6.45, 7) is 0.547. The van der Waals surface area contributed by atoms with Gasteiger partial charge < -0.3 is 20.9 Å². The number of carbonyl (C=O) groups is 1. The largest absolute Gasteiger partial charge is 0.394 e. The third kappa shape index (κ3) is 4.79. The molecule has 2 heterocycles. The van der Waals surface area contributed by atoms with Crippen LogP contribution in [0.2, 0.25) is 0 Å². The van der Waals surface area contributed by atoms with Gasteiger partial charge in [-0.1, -0.05) is 48.5 Å². The first kappa shape index (κ1) is 16.2. The van der Waals surface area contributed by atoms with E-state index in [-0.39, 0.29) is 17.1 Å². The van der Waals surface area contributed by atoms with Crippen LogP contribution < -0.4 is 11.1 Å². The minimum absolute atomic E-state index is 0.0105. The number of ether oxygens (including phenoxy) is 1. The molecule has 0 spiro atoms. The molecule has 1 atom stereocenters. The Kier molecular flexibility index (Phi) is 4.96. The highest BCUT2D eigenvalue weighted by atomic mass is 16.5. The predicted molar refractivity (Wildman–Crippen MR) is 119 cm³/mol. The van der Waals surface area contributed by atoms with Gasteiger partial charge in [0.2, 0.25) is 0 Å². The van der Waals surface area contributed by atoms with Gasteiger partial charge in [-0.15, -0.1) is 0 Å². The second-order valence-corrected chi connectivity index (χ2v) is 6.91. The Morgan fingerprint density at radius 3 is 2.71 bits per heavy atom. The summed E-state index contributed by atoms with van der Waals surface area (Å²) < 4.78 is 39.3. The highest BCUT2D eigenvalue weighted by Crippen LogP contribution is 2.26. The lowest BCUT2D eigenvalue weighted by atomic mass is 10.0. The van der Waals surface area contributed by atoms with Crippen LogP contribution in [0.25, 0.3) is 16.8 Å². The lowest BCUT2D eigenvalue weighted by Crippen LogP contribution is -2.30. The van der Waals surface area contributed by atoms with Gasteiger partial charge in [0.15, 0.2) is 0 Å². The molecule has 31 heavy (non-hydrogen) atoms. The van der Waals surface area contributed by atoms with E-state index in [1.54, 1.807) is 30.3 Å². The summed E-state index contributed by atoms with van der Waals surface area (Å²) in [5, 5.41) is 12.3. The first-order chi connectivity index (χ1) is 16.8. The standard InChI is InChI=1S/C24H24N4O3/c25-23-22(27-20(14-26-23)17-10-12-31-13-11-17)18-6-8-19(9-7-18)24(30)28-21(15-29)16-4-2-1-3-5-16/h1-10,14,21,29H,11-13,15H2,(H2,25,26)(H,28,30)/t21-/m1/s1/i6D,7D,8D,9D. The molecule has 1 aliphatic heterocycles. The van der Waals surface area contributed by atoms with Gasteiger partial charge in [0, 0.05) is 11.1 Å². The Balaban J connectivity index is 1.75. The Morgan fingerprint density at radius 1 is 1.26 bits per heavy atom. The number of amides is 1. The van der Waals surface area contributed by atoms with Crippen molar-refractivity contribution >= 4 is 17.3 Å². The summed E-state index contributed by atoms with van der Waals surface area (Å²) in [6.07, 6.45) is 3.96. The number of anilines is 1. The van der Waals surface area contributed by atoms with E-state index in [0.29, 0.717) is 30.9 Å². The smallest absolute Gasteiger partial charge is 0.251 e. The molecule has 2 aromatic carbocycles. The molecule has 0 saturated heterocycles. The second-order valence-electron chi connectivity index (χ2n) is 6.91. The third-order valence-corrected chi connectivity index (χ3v) is 4.87. The van der Waals surface area contributed by atoms with Gasteiger partial charge in [-0.2, -0.15) is 0 Å². The van der Waals surface area contributed by atoms with Gasteiger partial charge in [0.1, 0.15) is 11.5 Å². The van der Waals surface area contributed by atoms with Gasteiger partial charge >= 0.3 is 0 Å². The number of nitrogen functional groups attached to an aromatic ring is 1. The zero-order valence-corrected chi connectivity index (χ0v) is 16.7. The van der Waals surface area contributed by atoms with E-state index in [4.69, 9.17) is 16.0 Å². The highest BCUT2D eigenvalue weighted by Gasteiger charge is 2.16. The molecule has 7 heteroatoms. The number of benzene rings is 2. The summed E-state index contributed by atoms with van der Waals surface area (Å²) in [6, 6.07) is 5.96. The summed E-state index contributed by atoms with van der Waals surface area (Å²) >= 11 is 0. The summed E-state index contributed by atoms with van der Waals surface area (Å²) in [4.78, 5) is 21.7. The first-order valence-corrected chi connectivity index (χ1v) is 9.80. The molecule has 4 N–H and O–H groups in total. The molecule has 1 aromatic heterocycles. The molecule has 1 amide bonds. The number of nitrogens with two attached hydrogens (primary N) is 1. The van der Waals surface area contributed by atoms with Crippen molar-refractivity contribution < 1.29 is 20.1 Å². The molecule has 4 rings (SSSR count). The van der Waals surface area contributed by atoms with Crippen molar-refractivity contribution in [1.29, 1.82) is 0 Å². The number of hydrogen-bond donors (Lipinski definition) is 3. The average Bonchev–Trinajstić information content (AvgIpc) is 2.88. The zero-order valence-electron chi connectivity index (χ0n) is 20.7. The zero-order chi connectivity index (χ0) is 25.1. The van der Waals surface area contributed by atoms with Crippen molar-refractivity contribution in [1.82, 2.24) is 15.3 Å². The molecule has 0 aliphatic carbocycles. The number of nitrogens with one attached hydrogen (secondary N) is 1. The van der Waals surface area contributed by atoms with Crippen LogP contribution in [0.1, 0.15) is 39.6 Å². The lowest BCUT2D eigenvalue weighted by molar-refractivity contribution is 0.0916. The van der Waals surface area contributed by atoms with Crippen LogP contribution in [0.3, 0.4) is 0 Å². The number of nitrogens with zero attached hydrogens (tertiary/aromatic N) is 2. The molecule has 1 aliphatic rings. The normalized spacial score (nSPS) is 16.4. The van der Waals surface area contributed by atoms with E-state index in [2.05, 4.69) is 15.3 Å². The first-order valence-electron chi connectivity index (χ1n) is 11.8. The van der Waals surface area contributed by atoms with Gasteiger partial charge in [-0.3, -0.25) is 4.79 Å². The maximum atomic E-state index is 13.0. The van der Waals surface area contributed by atoms with Crippen LogP contribution in [0.15, 0.2) is 66.8 Å². The lowest BCUT2D eigenvalue weighted by Gasteiger charge is -2.17. The van der Waals surface area contributed by atoms with Gasteiger partial charge in [-0.25, -0.2) is 9.97 Å². The van der Waals surface area contributed by atoms with Crippen molar-refractivity contribution in [2.45, 2.75) is 12.5 Å².